The minimum absolute atomic E-state index is 0.176. The summed E-state index contributed by atoms with van der Waals surface area (Å²) in [5, 5.41) is 5.77. The number of benzene rings is 1. The lowest BCUT2D eigenvalue weighted by Gasteiger charge is -2.08. The Labute approximate surface area is 93.5 Å². The van der Waals surface area contributed by atoms with Crippen molar-refractivity contribution in [3.63, 3.8) is 0 Å². The zero-order valence-corrected chi connectivity index (χ0v) is 8.85. The second kappa shape index (κ2) is 4.75. The number of hydrogen-bond acceptors (Lipinski definition) is 2. The lowest BCUT2D eigenvalue weighted by atomic mass is 10.0. The first-order valence-corrected chi connectivity index (χ1v) is 5.30. The molecule has 1 aliphatic heterocycles. The molecule has 0 unspecified atom stereocenters. The predicted octanol–water partition coefficient (Wildman–Crippen LogP) is 0.0891. The van der Waals surface area contributed by atoms with Crippen molar-refractivity contribution in [1.29, 1.82) is 0 Å². The van der Waals surface area contributed by atoms with Crippen LogP contribution in [0, 0.1) is 0 Å². The maximum atomic E-state index is 11.6. The molecule has 16 heavy (non-hydrogen) atoms. The lowest BCUT2D eigenvalue weighted by Crippen LogP contribution is -2.36. The van der Waals surface area contributed by atoms with Crippen molar-refractivity contribution in [2.75, 3.05) is 0 Å². The van der Waals surface area contributed by atoms with Gasteiger partial charge in [0.2, 0.25) is 0 Å². The van der Waals surface area contributed by atoms with Gasteiger partial charge in [-0.3, -0.25) is 4.79 Å². The molecule has 0 bridgehead atoms. The van der Waals surface area contributed by atoms with E-state index in [0.717, 1.165) is 22.3 Å². The van der Waals surface area contributed by atoms with Gasteiger partial charge in [-0.2, -0.15) is 0 Å². The largest absolute Gasteiger partial charge is 0.303 e. The smallest absolute Gasteiger partial charge is 0.273 e. The molecule has 1 aromatic rings. The minimum atomic E-state index is -0.176. The molecule has 0 saturated carbocycles. The van der Waals surface area contributed by atoms with Crippen molar-refractivity contribution in [2.45, 2.75) is 19.3 Å². The molecule has 0 fully saturated rings. The molecule has 81 valence electrons. The third-order valence-electron chi connectivity index (χ3n) is 2.61. The van der Waals surface area contributed by atoms with Gasteiger partial charge in [-0.1, -0.05) is 24.3 Å². The van der Waals surface area contributed by atoms with E-state index in [0.29, 0.717) is 19.3 Å². The van der Waals surface area contributed by atoms with Gasteiger partial charge in [0.1, 0.15) is 6.29 Å². The molecule has 0 saturated heterocycles. The van der Waals surface area contributed by atoms with Crippen LogP contribution in [0.1, 0.15) is 19.3 Å². The molecule has 0 aromatic heterocycles. The summed E-state index contributed by atoms with van der Waals surface area (Å²) in [5.41, 5.74) is 0.722. The Balaban J connectivity index is 2.42. The van der Waals surface area contributed by atoms with Crippen LogP contribution in [-0.2, 0) is 9.59 Å². The van der Waals surface area contributed by atoms with Crippen LogP contribution in [0.3, 0.4) is 0 Å². The fourth-order valence-electron chi connectivity index (χ4n) is 1.81. The summed E-state index contributed by atoms with van der Waals surface area (Å²) < 4.78 is 0. The summed E-state index contributed by atoms with van der Waals surface area (Å²) in [7, 11) is 0. The van der Waals surface area contributed by atoms with E-state index in [-0.39, 0.29) is 5.91 Å². The molecule has 0 N–H and O–H groups in total. The maximum absolute atomic E-state index is 11.6. The van der Waals surface area contributed by atoms with Crippen molar-refractivity contribution < 1.29 is 9.59 Å². The third-order valence-corrected chi connectivity index (χ3v) is 2.61. The molecule has 1 radical (unpaired) electrons. The van der Waals surface area contributed by atoms with Gasteiger partial charge >= 0.3 is 0 Å². The first-order chi connectivity index (χ1) is 7.83. The second-order valence-corrected chi connectivity index (χ2v) is 3.69. The Morgan fingerprint density at radius 3 is 2.88 bits per heavy atom. The van der Waals surface area contributed by atoms with E-state index in [2.05, 4.69) is 5.32 Å². The summed E-state index contributed by atoms with van der Waals surface area (Å²) in [5.74, 6) is -0.176. The molecule has 3 heteroatoms. The van der Waals surface area contributed by atoms with Gasteiger partial charge in [-0.15, -0.1) is 0 Å². The number of carbonyl (C=O) groups is 2. The highest BCUT2D eigenvalue weighted by molar-refractivity contribution is 6.15. The average Bonchev–Trinajstić information content (AvgIpc) is 2.32. The normalized spacial score (nSPS) is 13.8. The van der Waals surface area contributed by atoms with E-state index >= 15 is 0 Å². The fraction of sp³-hybridized carbons (Fsp3) is 0.231. The van der Waals surface area contributed by atoms with Crippen LogP contribution in [0.2, 0.25) is 0 Å². The zero-order chi connectivity index (χ0) is 11.4. The van der Waals surface area contributed by atoms with Gasteiger partial charge in [0, 0.05) is 23.4 Å². The van der Waals surface area contributed by atoms with Crippen LogP contribution in [0.5, 0.6) is 0 Å². The van der Waals surface area contributed by atoms with Gasteiger partial charge in [-0.25, -0.2) is 5.32 Å². The Morgan fingerprint density at radius 2 is 2.06 bits per heavy atom. The summed E-state index contributed by atoms with van der Waals surface area (Å²) in [6.07, 6.45) is 4.28. The molecule has 1 aromatic carbocycles. The van der Waals surface area contributed by atoms with E-state index in [9.17, 15) is 9.59 Å². The van der Waals surface area contributed by atoms with Gasteiger partial charge in [0.25, 0.3) is 5.91 Å². The zero-order valence-electron chi connectivity index (χ0n) is 8.85. The highest BCUT2D eigenvalue weighted by atomic mass is 16.1. The van der Waals surface area contributed by atoms with Crippen LogP contribution in [0.15, 0.2) is 24.3 Å². The van der Waals surface area contributed by atoms with Crippen LogP contribution in [-0.4, -0.2) is 12.2 Å². The molecule has 1 heterocycles. The summed E-state index contributed by atoms with van der Waals surface area (Å²) in [4.78, 5) is 21.9. The molecule has 0 aliphatic carbocycles. The van der Waals surface area contributed by atoms with E-state index in [4.69, 9.17) is 0 Å². The van der Waals surface area contributed by atoms with Gasteiger partial charge in [0.05, 0.1) is 0 Å². The Bertz CT molecular complexity index is 531. The highest BCUT2D eigenvalue weighted by Gasteiger charge is 2.13. The number of fused-ring (bicyclic) bond motifs is 1. The molecule has 0 spiro atoms. The van der Waals surface area contributed by atoms with Gasteiger partial charge < -0.3 is 4.79 Å². The molecule has 3 nitrogen and oxygen atoms in total. The molecule has 1 amide bonds. The first kappa shape index (κ1) is 10.6. The monoisotopic (exact) mass is 214 g/mol. The third kappa shape index (κ3) is 2.03. The Hall–Kier alpha value is -1.90. The van der Waals surface area contributed by atoms with Crippen LogP contribution in [0.25, 0.3) is 11.8 Å². The number of unbranched alkanes of at least 4 members (excludes halogenated alkanes) is 1. The lowest BCUT2D eigenvalue weighted by molar-refractivity contribution is -0.115. The molecule has 0 atom stereocenters. The van der Waals surface area contributed by atoms with Crippen molar-refractivity contribution >= 4 is 24.0 Å². The molecular weight excluding hydrogens is 202 g/mol. The SMILES string of the molecule is O=CCCCC1=c2ccccc2=C[N]C1=O. The quantitative estimate of drug-likeness (QED) is 0.527. The van der Waals surface area contributed by atoms with Crippen LogP contribution >= 0.6 is 0 Å². The predicted molar refractivity (Wildman–Crippen MR) is 60.6 cm³/mol. The first-order valence-electron chi connectivity index (χ1n) is 5.30. The number of hydrogen-bond donors (Lipinski definition) is 0. The van der Waals surface area contributed by atoms with E-state index in [1.807, 2.05) is 24.3 Å². The minimum Gasteiger partial charge on any atom is -0.303 e. The van der Waals surface area contributed by atoms with Crippen molar-refractivity contribution in [2.24, 2.45) is 0 Å². The highest BCUT2D eigenvalue weighted by Crippen LogP contribution is 2.07. The van der Waals surface area contributed by atoms with Crippen LogP contribution in [0.4, 0.5) is 0 Å². The van der Waals surface area contributed by atoms with E-state index in [1.165, 1.54) is 0 Å². The standard InChI is InChI=1S/C13H12NO2/c15-8-4-3-7-12-11-6-2-1-5-10(11)9-14-13(12)16/h1-2,5-6,8-9H,3-4,7H2. The molecule has 2 rings (SSSR count). The molecular formula is C13H12NO2. The topological polar surface area (TPSA) is 48.2 Å². The average molecular weight is 214 g/mol. The number of carbonyl (C=O) groups excluding carboxylic acids is 2. The van der Waals surface area contributed by atoms with E-state index in [1.54, 1.807) is 6.20 Å². The maximum Gasteiger partial charge on any atom is 0.273 e. The molecule has 1 aliphatic rings. The summed E-state index contributed by atoms with van der Waals surface area (Å²) >= 11 is 0. The van der Waals surface area contributed by atoms with Gasteiger partial charge in [-0.05, 0) is 18.1 Å². The number of amides is 1. The van der Waals surface area contributed by atoms with Gasteiger partial charge in [0.15, 0.2) is 0 Å². The number of aldehydes is 1. The van der Waals surface area contributed by atoms with Crippen molar-refractivity contribution in [3.8, 4) is 0 Å². The number of nitrogens with zero attached hydrogens (tertiary/aromatic N) is 1. The Morgan fingerprint density at radius 1 is 1.25 bits per heavy atom. The Kier molecular flexibility index (Phi) is 3.15. The van der Waals surface area contributed by atoms with Crippen molar-refractivity contribution in [3.05, 3.63) is 34.7 Å². The second-order valence-electron chi connectivity index (χ2n) is 3.69. The fourth-order valence-corrected chi connectivity index (χ4v) is 1.81. The summed E-state index contributed by atoms with van der Waals surface area (Å²) in [6, 6.07) is 7.69. The van der Waals surface area contributed by atoms with Crippen molar-refractivity contribution in [1.82, 2.24) is 5.32 Å². The van der Waals surface area contributed by atoms with Crippen LogP contribution < -0.4 is 15.8 Å². The number of rotatable bonds is 4. The van der Waals surface area contributed by atoms with E-state index < -0.39 is 0 Å². The summed E-state index contributed by atoms with van der Waals surface area (Å²) in [6.45, 7) is 0.